The number of sulfonamides is 1. The van der Waals surface area contributed by atoms with Gasteiger partial charge in [0.15, 0.2) is 5.58 Å². The van der Waals surface area contributed by atoms with E-state index in [1.165, 1.54) is 0 Å². The third-order valence-corrected chi connectivity index (χ3v) is 5.95. The summed E-state index contributed by atoms with van der Waals surface area (Å²) in [5, 5.41) is 4.63. The van der Waals surface area contributed by atoms with E-state index in [-0.39, 0.29) is 24.0 Å². The Labute approximate surface area is 140 Å². The lowest BCUT2D eigenvalue weighted by Gasteiger charge is -2.38. The van der Waals surface area contributed by atoms with Crippen LogP contribution < -0.4 is 4.72 Å². The number of aromatic nitrogens is 1. The summed E-state index contributed by atoms with van der Waals surface area (Å²) in [5.41, 5.74) is 1.03. The third-order valence-electron chi connectivity index (χ3n) is 4.60. The first kappa shape index (κ1) is 16.0. The molecule has 2 aromatic rings. The van der Waals surface area contributed by atoms with E-state index >= 15 is 0 Å². The number of fused-ring (bicyclic) bond motifs is 2. The van der Waals surface area contributed by atoms with Crippen molar-refractivity contribution in [3.05, 3.63) is 30.0 Å². The molecule has 1 aromatic heterocycles. The van der Waals surface area contributed by atoms with Gasteiger partial charge in [0.05, 0.1) is 25.4 Å². The molecule has 4 rings (SSSR count). The van der Waals surface area contributed by atoms with Gasteiger partial charge >= 0.3 is 0 Å². The van der Waals surface area contributed by atoms with Crippen LogP contribution in [0.3, 0.4) is 0 Å². The van der Waals surface area contributed by atoms with Crippen molar-refractivity contribution < 1.29 is 22.4 Å². The maximum absolute atomic E-state index is 12.5. The molecule has 8 heteroatoms. The lowest BCUT2D eigenvalue weighted by atomic mass is 9.90. The van der Waals surface area contributed by atoms with E-state index in [1.54, 1.807) is 6.07 Å². The number of para-hydroxylation sites is 1. The Morgan fingerprint density at radius 2 is 1.92 bits per heavy atom. The van der Waals surface area contributed by atoms with Gasteiger partial charge < -0.3 is 14.0 Å². The highest BCUT2D eigenvalue weighted by Crippen LogP contribution is 2.27. The molecule has 1 aliphatic heterocycles. The maximum Gasteiger partial charge on any atom is 0.217 e. The number of nitrogens with one attached hydrogen (secondary N) is 1. The Morgan fingerprint density at radius 3 is 2.79 bits per heavy atom. The number of ether oxygens (including phenoxy) is 2. The zero-order chi connectivity index (χ0) is 16.6. The van der Waals surface area contributed by atoms with Crippen molar-refractivity contribution in [1.82, 2.24) is 9.88 Å². The van der Waals surface area contributed by atoms with Crippen LogP contribution in [-0.4, -0.2) is 45.0 Å². The summed E-state index contributed by atoms with van der Waals surface area (Å²) >= 11 is 0. The van der Waals surface area contributed by atoms with Crippen LogP contribution in [0.5, 0.6) is 0 Å². The van der Waals surface area contributed by atoms with Crippen molar-refractivity contribution in [3.63, 3.8) is 0 Å². The van der Waals surface area contributed by atoms with Gasteiger partial charge in [0.25, 0.3) is 0 Å². The van der Waals surface area contributed by atoms with Gasteiger partial charge in [0.1, 0.15) is 11.4 Å². The van der Waals surface area contributed by atoms with Gasteiger partial charge in [-0.3, -0.25) is 0 Å². The van der Waals surface area contributed by atoms with Gasteiger partial charge in [-0.25, -0.2) is 13.1 Å². The minimum Gasteiger partial charge on any atom is -0.373 e. The van der Waals surface area contributed by atoms with Gasteiger partial charge in [-0.2, -0.15) is 0 Å². The highest BCUT2D eigenvalue weighted by atomic mass is 32.2. The van der Waals surface area contributed by atoms with Crippen molar-refractivity contribution in [1.29, 1.82) is 0 Å². The second-order valence-electron chi connectivity index (χ2n) is 6.33. The lowest BCUT2D eigenvalue weighted by Crippen LogP contribution is -2.49. The molecule has 0 bridgehead atoms. The van der Waals surface area contributed by atoms with Crippen LogP contribution in [0.4, 0.5) is 0 Å². The molecule has 1 N–H and O–H groups in total. The number of hydrogen-bond donors (Lipinski definition) is 1. The summed E-state index contributed by atoms with van der Waals surface area (Å²) in [6.07, 6.45) is 2.28. The topological polar surface area (TPSA) is 90.7 Å². The summed E-state index contributed by atoms with van der Waals surface area (Å²) < 4.78 is 44.3. The number of hydrogen-bond acceptors (Lipinski definition) is 6. The van der Waals surface area contributed by atoms with E-state index in [0.29, 0.717) is 30.9 Å². The first-order chi connectivity index (χ1) is 11.6. The Hall–Kier alpha value is -1.48. The lowest BCUT2D eigenvalue weighted by molar-refractivity contribution is -0.156. The maximum atomic E-state index is 12.5. The fourth-order valence-corrected chi connectivity index (χ4v) is 4.86. The summed E-state index contributed by atoms with van der Waals surface area (Å²) in [7, 11) is -3.50. The largest absolute Gasteiger partial charge is 0.373 e. The normalized spacial score (nSPS) is 27.9. The summed E-state index contributed by atoms with van der Waals surface area (Å²) in [5.74, 6) is -0.189. The molecule has 2 fully saturated rings. The third kappa shape index (κ3) is 3.32. The Balaban J connectivity index is 1.44. The fourth-order valence-electron chi connectivity index (χ4n) is 3.49. The van der Waals surface area contributed by atoms with Crippen LogP contribution in [0.2, 0.25) is 0 Å². The van der Waals surface area contributed by atoms with E-state index in [0.717, 1.165) is 18.2 Å². The van der Waals surface area contributed by atoms with Gasteiger partial charge in [-0.15, -0.1) is 0 Å². The molecular formula is C16H20N2O5S. The van der Waals surface area contributed by atoms with Crippen molar-refractivity contribution in [3.8, 4) is 0 Å². The Morgan fingerprint density at radius 1 is 1.12 bits per heavy atom. The minimum absolute atomic E-state index is 0.0203. The molecule has 3 unspecified atom stereocenters. The summed E-state index contributed by atoms with van der Waals surface area (Å²) in [6, 6.07) is 7.12. The highest BCUT2D eigenvalue weighted by Gasteiger charge is 2.35. The molecule has 0 spiro atoms. The van der Waals surface area contributed by atoms with E-state index in [2.05, 4.69) is 9.88 Å². The highest BCUT2D eigenvalue weighted by molar-refractivity contribution is 7.88. The van der Waals surface area contributed by atoms with Crippen LogP contribution in [0.15, 0.2) is 28.8 Å². The Kier molecular flexibility index (Phi) is 4.29. The van der Waals surface area contributed by atoms with Crippen LogP contribution in [-0.2, 0) is 25.2 Å². The number of benzene rings is 1. The molecule has 1 aliphatic carbocycles. The fraction of sp³-hybridized carbons (Fsp3) is 0.562. The predicted octanol–water partition coefficient (Wildman–Crippen LogP) is 1.58. The van der Waals surface area contributed by atoms with Crippen LogP contribution in [0, 0.1) is 0 Å². The van der Waals surface area contributed by atoms with Gasteiger partial charge in [-0.05, 0) is 31.4 Å². The van der Waals surface area contributed by atoms with Crippen LogP contribution in [0.1, 0.15) is 25.0 Å². The average molecular weight is 352 g/mol. The molecule has 130 valence electrons. The molecule has 2 heterocycles. The van der Waals surface area contributed by atoms with E-state index in [9.17, 15) is 8.42 Å². The monoisotopic (exact) mass is 352 g/mol. The van der Waals surface area contributed by atoms with Gasteiger partial charge in [0.2, 0.25) is 10.0 Å². The summed E-state index contributed by atoms with van der Waals surface area (Å²) in [4.78, 5) is 0. The zero-order valence-corrected chi connectivity index (χ0v) is 14.0. The van der Waals surface area contributed by atoms with Crippen molar-refractivity contribution in [2.45, 2.75) is 43.3 Å². The van der Waals surface area contributed by atoms with E-state index in [4.69, 9.17) is 14.0 Å². The second kappa shape index (κ2) is 6.44. The molecule has 1 aromatic carbocycles. The minimum atomic E-state index is -3.50. The molecule has 1 saturated heterocycles. The first-order valence-electron chi connectivity index (χ1n) is 8.17. The smallest absolute Gasteiger partial charge is 0.217 e. The molecule has 24 heavy (non-hydrogen) atoms. The quantitative estimate of drug-likeness (QED) is 0.898. The zero-order valence-electron chi connectivity index (χ0n) is 13.2. The van der Waals surface area contributed by atoms with Crippen molar-refractivity contribution >= 4 is 21.0 Å². The SMILES string of the molecule is O=S(=O)(Cc1noc2ccccc12)NC1CCC2OCCOC2C1. The molecule has 3 atom stereocenters. The second-order valence-corrected chi connectivity index (χ2v) is 8.08. The van der Waals surface area contributed by atoms with Crippen LogP contribution in [0.25, 0.3) is 11.0 Å². The molecule has 7 nitrogen and oxygen atoms in total. The standard InChI is InChI=1S/C16H20N2O5S/c19-24(20,10-13-12-3-1-2-4-14(12)23-17-13)18-11-5-6-15-16(9-11)22-8-7-21-15/h1-4,11,15-16,18H,5-10H2. The molecule has 0 radical (unpaired) electrons. The summed E-state index contributed by atoms with van der Waals surface area (Å²) in [6.45, 7) is 1.20. The van der Waals surface area contributed by atoms with Gasteiger partial charge in [0, 0.05) is 11.4 Å². The Bertz CT molecular complexity index is 819. The first-order valence-corrected chi connectivity index (χ1v) is 9.82. The number of rotatable bonds is 4. The van der Waals surface area contributed by atoms with Crippen LogP contribution >= 0.6 is 0 Å². The van der Waals surface area contributed by atoms with Crippen molar-refractivity contribution in [2.75, 3.05) is 13.2 Å². The molecule has 0 amide bonds. The predicted molar refractivity (Wildman–Crippen MR) is 86.9 cm³/mol. The molecule has 1 saturated carbocycles. The average Bonchev–Trinajstić information content (AvgIpc) is 2.97. The van der Waals surface area contributed by atoms with Crippen molar-refractivity contribution in [2.24, 2.45) is 0 Å². The van der Waals surface area contributed by atoms with E-state index < -0.39 is 10.0 Å². The van der Waals surface area contributed by atoms with Gasteiger partial charge in [-0.1, -0.05) is 17.3 Å². The van der Waals surface area contributed by atoms with E-state index in [1.807, 2.05) is 18.2 Å². The number of nitrogens with zero attached hydrogens (tertiary/aromatic N) is 1. The molecular weight excluding hydrogens is 332 g/mol. The molecule has 2 aliphatic rings.